The second-order valence-corrected chi connectivity index (χ2v) is 8.86. The Kier molecular flexibility index (Phi) is 8.31. The van der Waals surface area contributed by atoms with E-state index in [0.29, 0.717) is 30.1 Å². The second-order valence-electron chi connectivity index (χ2n) is 8.45. The Labute approximate surface area is 204 Å². The predicted octanol–water partition coefficient (Wildman–Crippen LogP) is 6.34. The fraction of sp³-hybridized carbons (Fsp3) is 0.286. The Hall–Kier alpha value is -3.18. The van der Waals surface area contributed by atoms with Gasteiger partial charge in [0.25, 0.3) is 0 Å². The third-order valence-electron chi connectivity index (χ3n) is 5.99. The topological polar surface area (TPSA) is 46.9 Å². The molecule has 176 valence electrons. The van der Waals surface area contributed by atoms with Crippen molar-refractivity contribution in [2.45, 2.75) is 45.1 Å². The normalized spacial score (nSPS) is 11.1. The van der Waals surface area contributed by atoms with Gasteiger partial charge in [-0.25, -0.2) is 9.37 Å². The SMILES string of the molecule is O=C(CCc1ccccc1)NCCCCCc1nc2ccccc2n1Cc1c(F)cccc1Cl. The quantitative estimate of drug-likeness (QED) is 0.256. The predicted molar refractivity (Wildman–Crippen MR) is 136 cm³/mol. The van der Waals surface area contributed by atoms with Crippen molar-refractivity contribution in [3.8, 4) is 0 Å². The number of nitrogens with zero attached hydrogens (tertiary/aromatic N) is 2. The lowest BCUT2D eigenvalue weighted by atomic mass is 10.1. The molecule has 0 radical (unpaired) electrons. The molecule has 0 spiro atoms. The van der Waals surface area contributed by atoms with Gasteiger partial charge in [-0.1, -0.05) is 66.6 Å². The van der Waals surface area contributed by atoms with Crippen molar-refractivity contribution in [1.29, 1.82) is 0 Å². The van der Waals surface area contributed by atoms with E-state index in [0.717, 1.165) is 49.0 Å². The van der Waals surface area contributed by atoms with E-state index >= 15 is 0 Å². The number of aryl methyl sites for hydroxylation is 2. The first kappa shape index (κ1) is 24.0. The molecule has 0 atom stereocenters. The van der Waals surface area contributed by atoms with Gasteiger partial charge in [-0.2, -0.15) is 0 Å². The number of hydrogen-bond acceptors (Lipinski definition) is 2. The van der Waals surface area contributed by atoms with Crippen molar-refractivity contribution in [1.82, 2.24) is 14.9 Å². The maximum Gasteiger partial charge on any atom is 0.220 e. The van der Waals surface area contributed by atoms with Crippen LogP contribution in [0.15, 0.2) is 72.8 Å². The fourth-order valence-electron chi connectivity index (χ4n) is 4.14. The molecule has 0 fully saturated rings. The Morgan fingerprint density at radius 3 is 2.53 bits per heavy atom. The average Bonchev–Trinajstić information content (AvgIpc) is 3.20. The van der Waals surface area contributed by atoms with Crippen molar-refractivity contribution in [2.24, 2.45) is 0 Å². The summed E-state index contributed by atoms with van der Waals surface area (Å²) in [6.45, 7) is 1.02. The molecule has 0 aliphatic heterocycles. The maximum absolute atomic E-state index is 14.4. The van der Waals surface area contributed by atoms with Gasteiger partial charge in [0, 0.05) is 30.0 Å². The minimum atomic E-state index is -0.306. The van der Waals surface area contributed by atoms with Crippen molar-refractivity contribution >= 4 is 28.5 Å². The third-order valence-corrected chi connectivity index (χ3v) is 6.35. The standard InChI is InChI=1S/C28H29ClFN3O/c29-23-12-9-13-24(30)22(23)20-33-26-15-7-6-14-25(26)32-27(33)16-5-2-8-19-31-28(34)18-17-21-10-3-1-4-11-21/h1,3-4,6-7,9-15H,2,5,8,16-20H2,(H,31,34). The molecule has 1 N–H and O–H groups in total. The van der Waals surface area contributed by atoms with Crippen molar-refractivity contribution in [3.05, 3.63) is 101 Å². The lowest BCUT2D eigenvalue weighted by molar-refractivity contribution is -0.121. The van der Waals surface area contributed by atoms with Crippen LogP contribution in [0.2, 0.25) is 5.02 Å². The molecule has 0 saturated heterocycles. The zero-order valence-corrected chi connectivity index (χ0v) is 19.9. The smallest absolute Gasteiger partial charge is 0.220 e. The number of para-hydroxylation sites is 2. The van der Waals surface area contributed by atoms with Gasteiger partial charge in [0.15, 0.2) is 0 Å². The summed E-state index contributed by atoms with van der Waals surface area (Å²) in [6.07, 6.45) is 4.87. The number of carbonyl (C=O) groups is 1. The second kappa shape index (κ2) is 11.8. The molecule has 0 unspecified atom stereocenters. The highest BCUT2D eigenvalue weighted by Gasteiger charge is 2.14. The molecular weight excluding hydrogens is 449 g/mol. The van der Waals surface area contributed by atoms with Crippen LogP contribution in [0.1, 0.15) is 42.6 Å². The first-order valence-electron chi connectivity index (χ1n) is 11.8. The van der Waals surface area contributed by atoms with Crippen molar-refractivity contribution in [2.75, 3.05) is 6.54 Å². The van der Waals surface area contributed by atoms with Gasteiger partial charge in [0.2, 0.25) is 5.91 Å². The van der Waals surface area contributed by atoms with E-state index < -0.39 is 0 Å². The molecular formula is C28H29ClFN3O. The molecule has 3 aromatic carbocycles. The molecule has 34 heavy (non-hydrogen) atoms. The molecule has 6 heteroatoms. The monoisotopic (exact) mass is 477 g/mol. The molecule has 0 saturated carbocycles. The largest absolute Gasteiger partial charge is 0.356 e. The zero-order chi connectivity index (χ0) is 23.8. The first-order valence-corrected chi connectivity index (χ1v) is 12.2. The van der Waals surface area contributed by atoms with E-state index in [1.807, 2.05) is 54.6 Å². The number of rotatable bonds is 11. The van der Waals surface area contributed by atoms with E-state index in [1.165, 1.54) is 11.6 Å². The third kappa shape index (κ3) is 6.23. The van der Waals surface area contributed by atoms with Gasteiger partial charge >= 0.3 is 0 Å². The summed E-state index contributed by atoms with van der Waals surface area (Å²) in [5.41, 5.74) is 3.53. The first-order chi connectivity index (χ1) is 16.6. The number of hydrogen-bond donors (Lipinski definition) is 1. The van der Waals surface area contributed by atoms with Crippen LogP contribution in [-0.4, -0.2) is 22.0 Å². The molecule has 0 aliphatic rings. The highest BCUT2D eigenvalue weighted by Crippen LogP contribution is 2.24. The Bertz CT molecular complexity index is 1220. The summed E-state index contributed by atoms with van der Waals surface area (Å²) in [5.74, 6) is 0.707. The van der Waals surface area contributed by atoms with Crippen LogP contribution in [-0.2, 0) is 24.2 Å². The minimum absolute atomic E-state index is 0.0902. The summed E-state index contributed by atoms with van der Waals surface area (Å²) in [5, 5.41) is 3.44. The lowest BCUT2D eigenvalue weighted by Gasteiger charge is -2.12. The summed E-state index contributed by atoms with van der Waals surface area (Å²) in [4.78, 5) is 16.9. The number of nitrogens with one attached hydrogen (secondary N) is 1. The number of imidazole rings is 1. The summed E-state index contributed by atoms with van der Waals surface area (Å²) < 4.78 is 16.5. The molecule has 0 aliphatic carbocycles. The Morgan fingerprint density at radius 2 is 1.71 bits per heavy atom. The number of fused-ring (bicyclic) bond motifs is 1. The number of carbonyl (C=O) groups excluding carboxylic acids is 1. The van der Waals surface area contributed by atoms with Gasteiger partial charge in [-0.05, 0) is 49.1 Å². The fourth-order valence-corrected chi connectivity index (χ4v) is 4.36. The molecule has 1 aromatic heterocycles. The van der Waals surface area contributed by atoms with Crippen molar-refractivity contribution < 1.29 is 9.18 Å². The van der Waals surface area contributed by atoms with Crippen LogP contribution in [0, 0.1) is 5.82 Å². The maximum atomic E-state index is 14.4. The average molecular weight is 478 g/mol. The minimum Gasteiger partial charge on any atom is -0.356 e. The molecule has 1 heterocycles. The van der Waals surface area contributed by atoms with Gasteiger partial charge < -0.3 is 9.88 Å². The van der Waals surface area contributed by atoms with E-state index in [-0.39, 0.29) is 11.7 Å². The number of unbranched alkanes of at least 4 members (excludes halogenated alkanes) is 2. The van der Waals surface area contributed by atoms with E-state index in [1.54, 1.807) is 12.1 Å². The van der Waals surface area contributed by atoms with E-state index in [4.69, 9.17) is 16.6 Å². The molecule has 0 bridgehead atoms. The van der Waals surface area contributed by atoms with Crippen LogP contribution in [0.3, 0.4) is 0 Å². The highest BCUT2D eigenvalue weighted by atomic mass is 35.5. The van der Waals surface area contributed by atoms with Crippen molar-refractivity contribution in [3.63, 3.8) is 0 Å². The number of halogens is 2. The van der Waals surface area contributed by atoms with Crippen LogP contribution in [0.25, 0.3) is 11.0 Å². The van der Waals surface area contributed by atoms with Gasteiger partial charge in [0.05, 0.1) is 17.6 Å². The van der Waals surface area contributed by atoms with Gasteiger partial charge in [0.1, 0.15) is 11.6 Å². The molecule has 4 rings (SSSR count). The summed E-state index contributed by atoms with van der Waals surface area (Å²) in [6, 6.07) is 22.7. The number of aromatic nitrogens is 2. The Balaban J connectivity index is 1.28. The Morgan fingerprint density at radius 1 is 0.912 bits per heavy atom. The van der Waals surface area contributed by atoms with Gasteiger partial charge in [-0.15, -0.1) is 0 Å². The molecule has 4 aromatic rings. The molecule has 1 amide bonds. The van der Waals surface area contributed by atoms with E-state index in [9.17, 15) is 9.18 Å². The highest BCUT2D eigenvalue weighted by molar-refractivity contribution is 6.31. The molecule has 4 nitrogen and oxygen atoms in total. The number of benzene rings is 3. The van der Waals surface area contributed by atoms with Crippen LogP contribution in [0.5, 0.6) is 0 Å². The van der Waals surface area contributed by atoms with Crippen LogP contribution < -0.4 is 5.32 Å². The summed E-state index contributed by atoms with van der Waals surface area (Å²) in [7, 11) is 0. The van der Waals surface area contributed by atoms with Gasteiger partial charge in [-0.3, -0.25) is 4.79 Å². The zero-order valence-electron chi connectivity index (χ0n) is 19.1. The lowest BCUT2D eigenvalue weighted by Crippen LogP contribution is -2.24. The van der Waals surface area contributed by atoms with Crippen LogP contribution >= 0.6 is 11.6 Å². The van der Waals surface area contributed by atoms with Crippen LogP contribution in [0.4, 0.5) is 4.39 Å². The number of amides is 1. The van der Waals surface area contributed by atoms with E-state index in [2.05, 4.69) is 9.88 Å². The summed E-state index contributed by atoms with van der Waals surface area (Å²) >= 11 is 6.29.